The third-order valence-electron chi connectivity index (χ3n) is 4.27. The maximum atomic E-state index is 12.2. The first kappa shape index (κ1) is 14.1. The topological polar surface area (TPSA) is 62.2 Å². The Bertz CT molecular complexity index is 568. The molecular weight excluding hydrogens is 264 g/mol. The van der Waals surface area contributed by atoms with E-state index in [9.17, 15) is 4.79 Å². The van der Waals surface area contributed by atoms with Crippen molar-refractivity contribution in [2.45, 2.75) is 25.7 Å². The van der Waals surface area contributed by atoms with Gasteiger partial charge in [-0.1, -0.05) is 11.8 Å². The highest BCUT2D eigenvalue weighted by atomic mass is 16.2. The van der Waals surface area contributed by atoms with Crippen LogP contribution in [0.4, 0.5) is 0 Å². The lowest BCUT2D eigenvalue weighted by atomic mass is 9.98. The first-order chi connectivity index (χ1) is 10.3. The zero-order chi connectivity index (χ0) is 14.7. The van der Waals surface area contributed by atoms with Crippen molar-refractivity contribution in [2.24, 2.45) is 17.8 Å². The van der Waals surface area contributed by atoms with Gasteiger partial charge in [-0.15, -0.1) is 0 Å². The van der Waals surface area contributed by atoms with E-state index in [2.05, 4.69) is 22.1 Å². The zero-order valence-electron chi connectivity index (χ0n) is 12.0. The summed E-state index contributed by atoms with van der Waals surface area (Å²) in [6.45, 7) is 0.585. The van der Waals surface area contributed by atoms with E-state index in [0.29, 0.717) is 17.0 Å². The number of nitrogens with zero attached hydrogens (tertiary/aromatic N) is 1. The Morgan fingerprint density at radius 1 is 1.33 bits per heavy atom. The molecule has 2 saturated carbocycles. The molecule has 2 fully saturated rings. The highest BCUT2D eigenvalue weighted by molar-refractivity contribution is 5.94. The molecule has 0 saturated heterocycles. The summed E-state index contributed by atoms with van der Waals surface area (Å²) in [5, 5.41) is 11.7. The van der Waals surface area contributed by atoms with Crippen LogP contribution in [0.5, 0.6) is 0 Å². The average molecular weight is 284 g/mol. The number of aliphatic hydroxyl groups excluding tert-OH is 1. The molecule has 1 aromatic heterocycles. The Kier molecular flexibility index (Phi) is 4.21. The third-order valence-corrected chi connectivity index (χ3v) is 4.27. The highest BCUT2D eigenvalue weighted by Gasteiger charge is 2.41. The summed E-state index contributed by atoms with van der Waals surface area (Å²) < 4.78 is 0. The van der Waals surface area contributed by atoms with E-state index in [1.807, 2.05) is 0 Å². The molecule has 0 aromatic carbocycles. The van der Waals surface area contributed by atoms with Gasteiger partial charge in [-0.25, -0.2) is 0 Å². The Labute approximate surface area is 125 Å². The quantitative estimate of drug-likeness (QED) is 0.807. The maximum absolute atomic E-state index is 12.2. The van der Waals surface area contributed by atoms with Crippen LogP contribution in [0.3, 0.4) is 0 Å². The van der Waals surface area contributed by atoms with Gasteiger partial charge in [0.05, 0.1) is 5.56 Å². The van der Waals surface area contributed by atoms with Gasteiger partial charge in [0.15, 0.2) is 0 Å². The normalized spacial score (nSPS) is 17.2. The van der Waals surface area contributed by atoms with Crippen LogP contribution in [0.1, 0.15) is 41.6 Å². The number of carbonyl (C=O) groups is 1. The van der Waals surface area contributed by atoms with Crippen molar-refractivity contribution < 1.29 is 9.90 Å². The van der Waals surface area contributed by atoms with Gasteiger partial charge in [0.1, 0.15) is 6.61 Å². The molecule has 0 bridgehead atoms. The molecule has 1 heterocycles. The van der Waals surface area contributed by atoms with Crippen molar-refractivity contribution in [2.75, 3.05) is 13.2 Å². The Balaban J connectivity index is 1.59. The minimum absolute atomic E-state index is 0.0820. The van der Waals surface area contributed by atoms with Crippen molar-refractivity contribution in [1.82, 2.24) is 10.3 Å². The lowest BCUT2D eigenvalue weighted by molar-refractivity contribution is 0.0943. The van der Waals surface area contributed by atoms with Gasteiger partial charge in [-0.3, -0.25) is 9.78 Å². The molecule has 3 rings (SSSR count). The molecule has 0 spiro atoms. The molecule has 0 radical (unpaired) electrons. The molecule has 4 heteroatoms. The Morgan fingerprint density at radius 3 is 2.67 bits per heavy atom. The van der Waals surface area contributed by atoms with E-state index in [1.54, 1.807) is 18.5 Å². The summed E-state index contributed by atoms with van der Waals surface area (Å²) in [5.41, 5.74) is 1.18. The second kappa shape index (κ2) is 6.28. The highest BCUT2D eigenvalue weighted by Crippen LogP contribution is 2.48. The first-order valence-electron chi connectivity index (χ1n) is 7.61. The number of pyridine rings is 1. The zero-order valence-corrected chi connectivity index (χ0v) is 12.0. The van der Waals surface area contributed by atoms with E-state index < -0.39 is 0 Å². The second-order valence-corrected chi connectivity index (χ2v) is 5.97. The van der Waals surface area contributed by atoms with Crippen molar-refractivity contribution in [3.8, 4) is 11.8 Å². The molecule has 2 aliphatic carbocycles. The molecule has 21 heavy (non-hydrogen) atoms. The van der Waals surface area contributed by atoms with Crippen LogP contribution in [0.15, 0.2) is 18.5 Å². The van der Waals surface area contributed by atoms with Gasteiger partial charge < -0.3 is 10.4 Å². The van der Waals surface area contributed by atoms with Gasteiger partial charge in [0.25, 0.3) is 5.91 Å². The summed E-state index contributed by atoms with van der Waals surface area (Å²) >= 11 is 0. The van der Waals surface area contributed by atoms with E-state index in [4.69, 9.17) is 5.11 Å². The van der Waals surface area contributed by atoms with Gasteiger partial charge in [-0.05, 0) is 49.5 Å². The monoisotopic (exact) mass is 284 g/mol. The molecular formula is C17H20N2O2. The summed E-state index contributed by atoms with van der Waals surface area (Å²) in [6, 6.07) is 1.72. The smallest absolute Gasteiger partial charge is 0.252 e. The fourth-order valence-corrected chi connectivity index (χ4v) is 2.85. The number of aromatic nitrogens is 1. The van der Waals surface area contributed by atoms with E-state index in [1.165, 1.54) is 25.7 Å². The summed E-state index contributed by atoms with van der Waals surface area (Å²) in [7, 11) is 0. The fourth-order valence-electron chi connectivity index (χ4n) is 2.85. The lowest BCUT2D eigenvalue weighted by Gasteiger charge is -2.16. The van der Waals surface area contributed by atoms with Crippen LogP contribution in [-0.4, -0.2) is 29.1 Å². The predicted octanol–water partition coefficient (Wildman–Crippen LogP) is 1.59. The Morgan fingerprint density at radius 2 is 2.05 bits per heavy atom. The summed E-state index contributed by atoms with van der Waals surface area (Å²) in [5.74, 6) is 7.58. The molecule has 0 unspecified atom stereocenters. The summed E-state index contributed by atoms with van der Waals surface area (Å²) in [6.07, 6.45) is 8.45. The van der Waals surface area contributed by atoms with Gasteiger partial charge in [0.2, 0.25) is 0 Å². The minimum Gasteiger partial charge on any atom is -0.384 e. The standard InChI is InChI=1S/C17H20N2O2/c20-7-1-2-12-8-15(10-18-9-12)17(21)19-11-16(13-3-4-13)14-5-6-14/h8-10,13-14,16,20H,3-7,11H2,(H,19,21). The lowest BCUT2D eigenvalue weighted by Crippen LogP contribution is -2.31. The molecule has 0 aliphatic heterocycles. The largest absolute Gasteiger partial charge is 0.384 e. The summed E-state index contributed by atoms with van der Waals surface area (Å²) in [4.78, 5) is 16.2. The SMILES string of the molecule is O=C(NCC(C1CC1)C1CC1)c1cncc(C#CCO)c1. The predicted molar refractivity (Wildman–Crippen MR) is 79.5 cm³/mol. The Hall–Kier alpha value is -1.86. The molecule has 110 valence electrons. The molecule has 2 aliphatic rings. The van der Waals surface area contributed by atoms with E-state index in [0.717, 1.165) is 18.4 Å². The van der Waals surface area contributed by atoms with Crippen LogP contribution in [0.25, 0.3) is 0 Å². The van der Waals surface area contributed by atoms with Crippen molar-refractivity contribution in [1.29, 1.82) is 0 Å². The number of carbonyl (C=O) groups excluding carboxylic acids is 1. The molecule has 1 amide bonds. The van der Waals surface area contributed by atoms with Crippen molar-refractivity contribution in [3.63, 3.8) is 0 Å². The van der Waals surface area contributed by atoms with Crippen LogP contribution in [0, 0.1) is 29.6 Å². The second-order valence-electron chi connectivity index (χ2n) is 5.97. The maximum Gasteiger partial charge on any atom is 0.252 e. The minimum atomic E-state index is -0.194. The van der Waals surface area contributed by atoms with Crippen molar-refractivity contribution in [3.05, 3.63) is 29.6 Å². The number of hydrogen-bond acceptors (Lipinski definition) is 3. The number of aliphatic hydroxyl groups is 1. The fraction of sp³-hybridized carbons (Fsp3) is 0.529. The molecule has 0 atom stereocenters. The van der Waals surface area contributed by atoms with Crippen molar-refractivity contribution >= 4 is 5.91 Å². The van der Waals surface area contributed by atoms with Crippen LogP contribution in [-0.2, 0) is 0 Å². The third kappa shape index (κ3) is 3.83. The molecule has 1 aromatic rings. The molecule has 4 nitrogen and oxygen atoms in total. The van der Waals surface area contributed by atoms with Gasteiger partial charge in [0, 0.05) is 24.5 Å². The van der Waals surface area contributed by atoms with E-state index in [-0.39, 0.29) is 12.5 Å². The number of hydrogen-bond donors (Lipinski definition) is 2. The number of nitrogens with one attached hydrogen (secondary N) is 1. The first-order valence-corrected chi connectivity index (χ1v) is 7.61. The van der Waals surface area contributed by atoms with Crippen LogP contribution in [0.2, 0.25) is 0 Å². The molecule has 2 N–H and O–H groups in total. The van der Waals surface area contributed by atoms with E-state index >= 15 is 0 Å². The van der Waals surface area contributed by atoms with Gasteiger partial charge in [-0.2, -0.15) is 0 Å². The van der Waals surface area contributed by atoms with Crippen LogP contribution < -0.4 is 5.32 Å². The van der Waals surface area contributed by atoms with Gasteiger partial charge >= 0.3 is 0 Å². The average Bonchev–Trinajstić information content (AvgIpc) is 3.38. The van der Waals surface area contributed by atoms with Crippen LogP contribution >= 0.6 is 0 Å². The number of amides is 1. The number of rotatable bonds is 5.